The smallest absolute Gasteiger partial charge is 0.264 e. The van der Waals surface area contributed by atoms with Gasteiger partial charge < -0.3 is 20.9 Å². The third-order valence-corrected chi connectivity index (χ3v) is 5.81. The van der Waals surface area contributed by atoms with Crippen LogP contribution >= 0.6 is 0 Å². The summed E-state index contributed by atoms with van der Waals surface area (Å²) in [4.78, 5) is 12.8. The van der Waals surface area contributed by atoms with Crippen LogP contribution in [0.25, 0.3) is 0 Å². The molecule has 1 aliphatic heterocycles. The van der Waals surface area contributed by atoms with Crippen molar-refractivity contribution in [3.8, 4) is 11.5 Å². The summed E-state index contributed by atoms with van der Waals surface area (Å²) in [5, 5.41) is 13.4. The molecule has 3 atom stereocenters. The van der Waals surface area contributed by atoms with Crippen molar-refractivity contribution in [3.63, 3.8) is 0 Å². The fourth-order valence-electron chi connectivity index (χ4n) is 3.89. The molecule has 3 rings (SSSR count). The first-order valence-corrected chi connectivity index (χ1v) is 8.80. The van der Waals surface area contributed by atoms with E-state index in [1.54, 1.807) is 0 Å². The third kappa shape index (κ3) is 2.75. The molecular formula is C19H28N2O3. The highest BCUT2D eigenvalue weighted by molar-refractivity contribution is 5.86. The normalized spacial score (nSPS) is 29.0. The summed E-state index contributed by atoms with van der Waals surface area (Å²) in [7, 11) is 0. The number of nitrogens with one attached hydrogen (secondary N) is 1. The maximum Gasteiger partial charge on any atom is 0.264 e. The molecule has 0 spiro atoms. The lowest BCUT2D eigenvalue weighted by atomic mass is 9.86. The lowest BCUT2D eigenvalue weighted by Crippen LogP contribution is -2.53. The standard InChI is InChI=1S/C19H28N2O3/c1-10-11(2)17-15(12(3)16(10)22)7-8-19(4,24-17)18(23)21-14-6-5-13(20)9-14/h13-14,22H,5-9,20H2,1-4H3,(H,21,23). The summed E-state index contributed by atoms with van der Waals surface area (Å²) in [6.07, 6.45) is 4.06. The largest absolute Gasteiger partial charge is 0.507 e. The van der Waals surface area contributed by atoms with Gasteiger partial charge in [0.1, 0.15) is 11.5 Å². The van der Waals surface area contributed by atoms with Crippen molar-refractivity contribution in [1.29, 1.82) is 0 Å². The Morgan fingerprint density at radius 1 is 1.25 bits per heavy atom. The third-order valence-electron chi connectivity index (χ3n) is 5.81. The van der Waals surface area contributed by atoms with Gasteiger partial charge in [-0.25, -0.2) is 0 Å². The molecule has 1 amide bonds. The van der Waals surface area contributed by atoms with Crippen molar-refractivity contribution in [2.75, 3.05) is 0 Å². The van der Waals surface area contributed by atoms with Crippen LogP contribution in [0, 0.1) is 20.8 Å². The van der Waals surface area contributed by atoms with E-state index in [2.05, 4.69) is 5.32 Å². The van der Waals surface area contributed by atoms with Crippen LogP contribution in [-0.4, -0.2) is 28.7 Å². The maximum atomic E-state index is 12.8. The number of phenolic OH excluding ortho intramolecular Hbond substituents is 1. The van der Waals surface area contributed by atoms with E-state index in [4.69, 9.17) is 10.5 Å². The zero-order chi connectivity index (χ0) is 17.6. The average Bonchev–Trinajstić information content (AvgIpc) is 2.95. The molecule has 0 bridgehead atoms. The zero-order valence-corrected chi connectivity index (χ0v) is 15.0. The topological polar surface area (TPSA) is 84.6 Å². The first kappa shape index (κ1) is 17.1. The van der Waals surface area contributed by atoms with Crippen LogP contribution < -0.4 is 15.8 Å². The second-order valence-corrected chi connectivity index (χ2v) is 7.61. The molecule has 0 aromatic heterocycles. The number of phenols is 1. The summed E-state index contributed by atoms with van der Waals surface area (Å²) in [6, 6.07) is 0.338. The number of benzene rings is 1. The van der Waals surface area contributed by atoms with Crippen molar-refractivity contribution in [1.82, 2.24) is 5.32 Å². The molecule has 2 aliphatic rings. The molecule has 1 heterocycles. The number of carbonyl (C=O) groups is 1. The predicted octanol–water partition coefficient (Wildman–Crippen LogP) is 2.40. The summed E-state index contributed by atoms with van der Waals surface area (Å²) < 4.78 is 6.21. The van der Waals surface area contributed by atoms with Gasteiger partial charge in [-0.2, -0.15) is 0 Å². The molecule has 1 aromatic carbocycles. The fourth-order valence-corrected chi connectivity index (χ4v) is 3.89. The Balaban J connectivity index is 1.84. The van der Waals surface area contributed by atoms with E-state index in [9.17, 15) is 9.90 Å². The zero-order valence-electron chi connectivity index (χ0n) is 15.0. The number of aromatic hydroxyl groups is 1. The quantitative estimate of drug-likeness (QED) is 0.776. The number of fused-ring (bicyclic) bond motifs is 1. The van der Waals surface area contributed by atoms with Crippen molar-refractivity contribution in [2.45, 2.75) is 77.5 Å². The molecule has 1 aromatic rings. The Hall–Kier alpha value is -1.75. The van der Waals surface area contributed by atoms with Crippen LogP contribution in [0.1, 0.15) is 54.9 Å². The minimum atomic E-state index is -0.875. The Morgan fingerprint density at radius 3 is 2.58 bits per heavy atom. The number of rotatable bonds is 2. The van der Waals surface area contributed by atoms with Gasteiger partial charge in [0.15, 0.2) is 5.60 Å². The van der Waals surface area contributed by atoms with Crippen molar-refractivity contribution in [3.05, 3.63) is 22.3 Å². The molecule has 5 nitrogen and oxygen atoms in total. The monoisotopic (exact) mass is 332 g/mol. The van der Waals surface area contributed by atoms with E-state index in [1.165, 1.54) is 0 Å². The number of ether oxygens (including phenoxy) is 1. The number of carbonyl (C=O) groups excluding carboxylic acids is 1. The van der Waals surface area contributed by atoms with Gasteiger partial charge in [-0.1, -0.05) is 0 Å². The van der Waals surface area contributed by atoms with E-state index >= 15 is 0 Å². The molecule has 0 radical (unpaired) electrons. The SMILES string of the molecule is Cc1c(C)c2c(c(C)c1O)CCC(C)(C(=O)NC1CCC(N)C1)O2. The van der Waals surface area contributed by atoms with Crippen LogP contribution in [0.4, 0.5) is 0 Å². The van der Waals surface area contributed by atoms with E-state index in [-0.39, 0.29) is 18.0 Å². The summed E-state index contributed by atoms with van der Waals surface area (Å²) in [5.74, 6) is 1.03. The first-order valence-electron chi connectivity index (χ1n) is 8.80. The van der Waals surface area contributed by atoms with E-state index in [0.29, 0.717) is 12.2 Å². The fraction of sp³-hybridized carbons (Fsp3) is 0.632. The molecule has 4 N–H and O–H groups in total. The molecular weight excluding hydrogens is 304 g/mol. The second-order valence-electron chi connectivity index (χ2n) is 7.61. The van der Waals surface area contributed by atoms with Crippen molar-refractivity contribution >= 4 is 5.91 Å². The van der Waals surface area contributed by atoms with Crippen LogP contribution in [0.5, 0.6) is 11.5 Å². The molecule has 132 valence electrons. The maximum absolute atomic E-state index is 12.8. The van der Waals surface area contributed by atoms with Crippen LogP contribution in [-0.2, 0) is 11.2 Å². The van der Waals surface area contributed by atoms with E-state index in [1.807, 2.05) is 27.7 Å². The van der Waals surface area contributed by atoms with Gasteiger partial charge in [0.2, 0.25) is 0 Å². The molecule has 0 saturated heterocycles. The Kier molecular flexibility index (Phi) is 4.24. The molecule has 24 heavy (non-hydrogen) atoms. The number of hydrogen-bond acceptors (Lipinski definition) is 4. The van der Waals surface area contributed by atoms with Crippen LogP contribution in [0.15, 0.2) is 0 Å². The van der Waals surface area contributed by atoms with Gasteiger partial charge in [-0.3, -0.25) is 4.79 Å². The number of hydrogen-bond donors (Lipinski definition) is 3. The van der Waals surface area contributed by atoms with Gasteiger partial charge >= 0.3 is 0 Å². The first-order chi connectivity index (χ1) is 11.2. The highest BCUT2D eigenvalue weighted by Crippen LogP contribution is 2.43. The lowest BCUT2D eigenvalue weighted by Gasteiger charge is -2.37. The van der Waals surface area contributed by atoms with Gasteiger partial charge in [-0.05, 0) is 70.1 Å². The second kappa shape index (κ2) is 5.96. The number of amides is 1. The van der Waals surface area contributed by atoms with Gasteiger partial charge in [0.25, 0.3) is 5.91 Å². The highest BCUT2D eigenvalue weighted by Gasteiger charge is 2.42. The Morgan fingerprint density at radius 2 is 1.96 bits per heavy atom. The van der Waals surface area contributed by atoms with Crippen molar-refractivity contribution < 1.29 is 14.6 Å². The van der Waals surface area contributed by atoms with Gasteiger partial charge in [0, 0.05) is 24.1 Å². The summed E-state index contributed by atoms with van der Waals surface area (Å²) in [6.45, 7) is 7.59. The molecule has 1 fully saturated rings. The van der Waals surface area contributed by atoms with E-state index in [0.717, 1.165) is 53.7 Å². The predicted molar refractivity (Wildman–Crippen MR) is 93.4 cm³/mol. The minimum Gasteiger partial charge on any atom is -0.507 e. The average molecular weight is 332 g/mol. The number of nitrogens with two attached hydrogens (primary N) is 1. The lowest BCUT2D eigenvalue weighted by molar-refractivity contribution is -0.137. The van der Waals surface area contributed by atoms with E-state index < -0.39 is 5.60 Å². The Labute approximate surface area is 143 Å². The van der Waals surface area contributed by atoms with Gasteiger partial charge in [0.05, 0.1) is 0 Å². The Bertz CT molecular complexity index is 686. The molecule has 1 aliphatic carbocycles. The molecule has 3 unspecified atom stereocenters. The highest BCUT2D eigenvalue weighted by atomic mass is 16.5. The molecule has 5 heteroatoms. The minimum absolute atomic E-state index is 0.0602. The molecule has 1 saturated carbocycles. The van der Waals surface area contributed by atoms with Gasteiger partial charge in [-0.15, -0.1) is 0 Å². The van der Waals surface area contributed by atoms with Crippen LogP contribution in [0.3, 0.4) is 0 Å². The van der Waals surface area contributed by atoms with Crippen LogP contribution in [0.2, 0.25) is 0 Å². The summed E-state index contributed by atoms with van der Waals surface area (Å²) >= 11 is 0. The summed E-state index contributed by atoms with van der Waals surface area (Å²) in [5.41, 5.74) is 8.67. The van der Waals surface area contributed by atoms with Crippen molar-refractivity contribution in [2.24, 2.45) is 5.73 Å².